The fourth-order valence-corrected chi connectivity index (χ4v) is 1.49. The molecule has 19 heavy (non-hydrogen) atoms. The highest BCUT2D eigenvalue weighted by Gasteiger charge is 2.10. The molecule has 0 spiro atoms. The van der Waals surface area contributed by atoms with Gasteiger partial charge in [-0.3, -0.25) is 4.79 Å². The second-order valence-electron chi connectivity index (χ2n) is 4.13. The van der Waals surface area contributed by atoms with E-state index in [9.17, 15) is 9.59 Å². The molecule has 0 radical (unpaired) electrons. The van der Waals surface area contributed by atoms with Crippen molar-refractivity contribution >= 4 is 17.7 Å². The molecule has 0 heterocycles. The Morgan fingerprint density at radius 3 is 2.79 bits per heavy atom. The summed E-state index contributed by atoms with van der Waals surface area (Å²) in [6.45, 7) is 0.636. The minimum atomic E-state index is -0.929. The third-order valence-corrected chi connectivity index (χ3v) is 2.50. The van der Waals surface area contributed by atoms with Gasteiger partial charge in [0.15, 0.2) is 0 Å². The number of rotatable bonds is 6. The van der Waals surface area contributed by atoms with Crippen molar-refractivity contribution < 1.29 is 19.4 Å². The zero-order valence-corrected chi connectivity index (χ0v) is 11.0. The molecule has 0 aliphatic carbocycles. The zero-order valence-electron chi connectivity index (χ0n) is 11.0. The molecule has 0 aliphatic rings. The van der Waals surface area contributed by atoms with Gasteiger partial charge in [0.05, 0.1) is 13.0 Å². The Kier molecular flexibility index (Phi) is 5.81. The number of methoxy groups -OCH3 is 1. The van der Waals surface area contributed by atoms with Crippen LogP contribution in [0.25, 0.3) is 0 Å². The summed E-state index contributed by atoms with van der Waals surface area (Å²) in [4.78, 5) is 23.5. The smallest absolute Gasteiger partial charge is 0.321 e. The maximum absolute atomic E-state index is 11.8. The van der Waals surface area contributed by atoms with Crippen LogP contribution in [0.15, 0.2) is 24.3 Å². The van der Waals surface area contributed by atoms with Gasteiger partial charge in [-0.1, -0.05) is 12.1 Å². The van der Waals surface area contributed by atoms with Crippen LogP contribution in [-0.4, -0.2) is 42.7 Å². The second kappa shape index (κ2) is 7.38. The maximum atomic E-state index is 11.8. The largest absolute Gasteiger partial charge is 0.481 e. The van der Waals surface area contributed by atoms with Crippen LogP contribution in [0, 0.1) is 0 Å². The van der Waals surface area contributed by atoms with E-state index in [0.29, 0.717) is 12.3 Å². The van der Waals surface area contributed by atoms with Crippen LogP contribution in [0.1, 0.15) is 12.0 Å². The Bertz CT molecular complexity index is 448. The molecule has 2 amide bonds. The minimum Gasteiger partial charge on any atom is -0.481 e. The van der Waals surface area contributed by atoms with E-state index in [1.54, 1.807) is 20.2 Å². The molecule has 1 aromatic rings. The Labute approximate surface area is 112 Å². The first-order chi connectivity index (χ1) is 9.02. The highest BCUT2D eigenvalue weighted by molar-refractivity contribution is 5.89. The van der Waals surface area contributed by atoms with Gasteiger partial charge in [0.25, 0.3) is 0 Å². The number of nitrogens with one attached hydrogen (secondary N) is 1. The predicted octanol–water partition coefficient (Wildman–Crippen LogP) is 1.77. The SMILES string of the molecule is COCc1cccc(NC(=O)N(C)CCC(=O)O)c1. The molecule has 104 valence electrons. The van der Waals surface area contributed by atoms with Crippen LogP contribution < -0.4 is 5.32 Å². The van der Waals surface area contributed by atoms with Crippen molar-refractivity contribution in [2.45, 2.75) is 13.0 Å². The van der Waals surface area contributed by atoms with E-state index >= 15 is 0 Å². The molecule has 6 heteroatoms. The van der Waals surface area contributed by atoms with E-state index in [1.165, 1.54) is 4.90 Å². The predicted molar refractivity (Wildman–Crippen MR) is 71.1 cm³/mol. The minimum absolute atomic E-state index is 0.0758. The quantitative estimate of drug-likeness (QED) is 0.822. The zero-order chi connectivity index (χ0) is 14.3. The number of carbonyl (C=O) groups is 2. The lowest BCUT2D eigenvalue weighted by molar-refractivity contribution is -0.137. The summed E-state index contributed by atoms with van der Waals surface area (Å²) >= 11 is 0. The van der Waals surface area contributed by atoms with Crippen LogP contribution in [0.3, 0.4) is 0 Å². The maximum Gasteiger partial charge on any atom is 0.321 e. The number of urea groups is 1. The number of aliphatic carboxylic acids is 1. The molecule has 0 aromatic heterocycles. The first-order valence-corrected chi connectivity index (χ1v) is 5.84. The standard InChI is InChI=1S/C13H18N2O4/c1-15(7-6-12(16)17)13(18)14-11-5-3-4-10(8-11)9-19-2/h3-5,8H,6-7,9H2,1-2H3,(H,14,18)(H,16,17). The summed E-state index contributed by atoms with van der Waals surface area (Å²) < 4.78 is 5.01. The van der Waals surface area contributed by atoms with Crippen LogP contribution in [0.5, 0.6) is 0 Å². The van der Waals surface area contributed by atoms with E-state index in [4.69, 9.17) is 9.84 Å². The number of benzene rings is 1. The summed E-state index contributed by atoms with van der Waals surface area (Å²) in [5, 5.41) is 11.3. The lowest BCUT2D eigenvalue weighted by Gasteiger charge is -2.17. The summed E-state index contributed by atoms with van der Waals surface area (Å²) in [6.07, 6.45) is -0.0758. The molecule has 0 atom stereocenters. The van der Waals surface area contributed by atoms with Gasteiger partial charge in [-0.25, -0.2) is 4.79 Å². The first kappa shape index (κ1) is 15.0. The first-order valence-electron chi connectivity index (χ1n) is 5.84. The second-order valence-corrected chi connectivity index (χ2v) is 4.13. The number of carboxylic acid groups (broad SMARTS) is 1. The van der Waals surface area contributed by atoms with Gasteiger partial charge >= 0.3 is 12.0 Å². The van der Waals surface area contributed by atoms with Crippen molar-refractivity contribution in [1.29, 1.82) is 0 Å². The lowest BCUT2D eigenvalue weighted by Crippen LogP contribution is -2.33. The number of hydrogen-bond donors (Lipinski definition) is 2. The number of carbonyl (C=O) groups excluding carboxylic acids is 1. The third kappa shape index (κ3) is 5.39. The Balaban J connectivity index is 2.55. The van der Waals surface area contributed by atoms with Crippen LogP contribution in [0.4, 0.5) is 10.5 Å². The summed E-state index contributed by atoms with van der Waals surface area (Å²) in [5.41, 5.74) is 1.61. The van der Waals surface area contributed by atoms with Crippen molar-refractivity contribution in [1.82, 2.24) is 4.90 Å². The van der Waals surface area contributed by atoms with Gasteiger partial charge in [-0.05, 0) is 17.7 Å². The molecule has 1 aromatic carbocycles. The Hall–Kier alpha value is -2.08. The van der Waals surface area contributed by atoms with Crippen molar-refractivity contribution in [2.24, 2.45) is 0 Å². The molecule has 0 aliphatic heterocycles. The Morgan fingerprint density at radius 1 is 1.42 bits per heavy atom. The number of anilines is 1. The van der Waals surface area contributed by atoms with Gasteiger partial charge in [-0.2, -0.15) is 0 Å². The molecular formula is C13H18N2O4. The molecule has 2 N–H and O–H groups in total. The highest BCUT2D eigenvalue weighted by atomic mass is 16.5. The van der Waals surface area contributed by atoms with Crippen LogP contribution in [0.2, 0.25) is 0 Å². The van der Waals surface area contributed by atoms with E-state index < -0.39 is 5.97 Å². The van der Waals surface area contributed by atoms with Gasteiger partial charge in [0.2, 0.25) is 0 Å². The summed E-state index contributed by atoms with van der Waals surface area (Å²) in [7, 11) is 3.15. The van der Waals surface area contributed by atoms with Crippen LogP contribution >= 0.6 is 0 Å². The molecule has 1 rings (SSSR count). The van der Waals surface area contributed by atoms with Crippen molar-refractivity contribution in [3.05, 3.63) is 29.8 Å². The average molecular weight is 266 g/mol. The van der Waals surface area contributed by atoms with Crippen LogP contribution in [-0.2, 0) is 16.1 Å². The lowest BCUT2D eigenvalue weighted by atomic mass is 10.2. The monoisotopic (exact) mass is 266 g/mol. The third-order valence-electron chi connectivity index (χ3n) is 2.50. The fraction of sp³-hybridized carbons (Fsp3) is 0.385. The normalized spacial score (nSPS) is 10.0. The number of nitrogens with zero attached hydrogens (tertiary/aromatic N) is 1. The Morgan fingerprint density at radius 2 is 2.16 bits per heavy atom. The fourth-order valence-electron chi connectivity index (χ4n) is 1.49. The van der Waals surface area contributed by atoms with Gasteiger partial charge in [0, 0.05) is 26.4 Å². The number of ether oxygens (including phenoxy) is 1. The van der Waals surface area contributed by atoms with E-state index in [2.05, 4.69) is 5.32 Å². The average Bonchev–Trinajstić information content (AvgIpc) is 2.36. The number of amides is 2. The molecule has 6 nitrogen and oxygen atoms in total. The van der Waals surface area contributed by atoms with Crippen molar-refractivity contribution in [3.63, 3.8) is 0 Å². The molecular weight excluding hydrogens is 248 g/mol. The summed E-state index contributed by atoms with van der Waals surface area (Å²) in [6, 6.07) is 6.96. The van der Waals surface area contributed by atoms with E-state index in [0.717, 1.165) is 5.56 Å². The summed E-state index contributed by atoms with van der Waals surface area (Å²) in [5.74, 6) is -0.929. The molecule has 0 saturated carbocycles. The van der Waals surface area contributed by atoms with E-state index in [-0.39, 0.29) is 19.0 Å². The number of carboxylic acids is 1. The molecule has 0 fully saturated rings. The van der Waals surface area contributed by atoms with Gasteiger partial charge in [0.1, 0.15) is 0 Å². The van der Waals surface area contributed by atoms with Crippen molar-refractivity contribution in [2.75, 3.05) is 26.0 Å². The highest BCUT2D eigenvalue weighted by Crippen LogP contribution is 2.12. The van der Waals surface area contributed by atoms with Gasteiger partial charge in [-0.15, -0.1) is 0 Å². The van der Waals surface area contributed by atoms with E-state index in [1.807, 2.05) is 18.2 Å². The molecule has 0 bridgehead atoms. The van der Waals surface area contributed by atoms with Crippen molar-refractivity contribution in [3.8, 4) is 0 Å². The number of hydrogen-bond acceptors (Lipinski definition) is 3. The molecule has 0 saturated heterocycles. The topological polar surface area (TPSA) is 78.9 Å². The molecule has 0 unspecified atom stereocenters. The van der Waals surface area contributed by atoms with Gasteiger partial charge < -0.3 is 20.1 Å².